The molecule has 0 aliphatic heterocycles. The second kappa shape index (κ2) is 8.18. The van der Waals surface area contributed by atoms with Crippen LogP contribution in [0.2, 0.25) is 5.02 Å². The van der Waals surface area contributed by atoms with Crippen LogP contribution in [-0.2, 0) is 12.3 Å². The molecular weight excluding hydrogens is 426 g/mol. The average Bonchev–Trinajstić information content (AvgIpc) is 3.27. The maximum atomic E-state index is 13.4. The zero-order chi connectivity index (χ0) is 20.5. The second-order valence-electron chi connectivity index (χ2n) is 6.50. The van der Waals surface area contributed by atoms with Gasteiger partial charge in [0.1, 0.15) is 10.6 Å². The van der Waals surface area contributed by atoms with Gasteiger partial charge in [-0.3, -0.25) is 9.36 Å². The van der Waals surface area contributed by atoms with Crippen molar-refractivity contribution in [3.8, 4) is 11.1 Å². The summed E-state index contributed by atoms with van der Waals surface area (Å²) in [5.41, 5.74) is 3.43. The molecule has 4 aromatic rings. The molecular formula is C21H18ClN3O2S2. The van der Waals surface area contributed by atoms with Crippen LogP contribution in [0.15, 0.2) is 56.8 Å². The third-order valence-electron chi connectivity index (χ3n) is 4.66. The first-order valence-electron chi connectivity index (χ1n) is 8.93. The van der Waals surface area contributed by atoms with Crippen LogP contribution in [0.4, 0.5) is 0 Å². The van der Waals surface area contributed by atoms with E-state index >= 15 is 0 Å². The van der Waals surface area contributed by atoms with Crippen molar-refractivity contribution in [2.75, 3.05) is 0 Å². The minimum Gasteiger partial charge on any atom is -0.361 e. The minimum atomic E-state index is -0.0904. The Morgan fingerprint density at radius 3 is 2.79 bits per heavy atom. The molecule has 8 heteroatoms. The maximum Gasteiger partial charge on any atom is 0.263 e. The number of thiophene rings is 1. The Hall–Kier alpha value is -2.35. The predicted octanol–water partition coefficient (Wildman–Crippen LogP) is 5.86. The van der Waals surface area contributed by atoms with Gasteiger partial charge in [0.25, 0.3) is 5.56 Å². The first-order valence-corrected chi connectivity index (χ1v) is 11.2. The molecule has 0 amide bonds. The van der Waals surface area contributed by atoms with Gasteiger partial charge in [0.2, 0.25) is 0 Å². The molecule has 0 saturated heterocycles. The Balaban J connectivity index is 1.82. The Morgan fingerprint density at radius 2 is 2.10 bits per heavy atom. The Labute approximate surface area is 181 Å². The topological polar surface area (TPSA) is 60.9 Å². The highest BCUT2D eigenvalue weighted by Gasteiger charge is 2.19. The number of hydrogen-bond donors (Lipinski definition) is 0. The van der Waals surface area contributed by atoms with Crippen LogP contribution in [0.5, 0.6) is 0 Å². The van der Waals surface area contributed by atoms with E-state index in [1.54, 1.807) is 10.6 Å². The van der Waals surface area contributed by atoms with E-state index in [1.165, 1.54) is 23.1 Å². The summed E-state index contributed by atoms with van der Waals surface area (Å²) in [6, 6.07) is 7.53. The Kier molecular flexibility index (Phi) is 5.63. The van der Waals surface area contributed by atoms with E-state index in [0.29, 0.717) is 32.7 Å². The van der Waals surface area contributed by atoms with Gasteiger partial charge in [0, 0.05) is 39.4 Å². The molecule has 0 unspecified atom stereocenters. The van der Waals surface area contributed by atoms with Crippen molar-refractivity contribution in [2.24, 2.45) is 0 Å². The van der Waals surface area contributed by atoms with E-state index in [-0.39, 0.29) is 5.56 Å². The van der Waals surface area contributed by atoms with Crippen LogP contribution in [0.25, 0.3) is 21.3 Å². The number of nitrogens with zero attached hydrogens (tertiary/aromatic N) is 3. The van der Waals surface area contributed by atoms with Crippen LogP contribution in [0.1, 0.15) is 17.0 Å². The Morgan fingerprint density at radius 1 is 1.31 bits per heavy atom. The number of aryl methyl sites for hydroxylation is 2. The molecule has 3 heterocycles. The van der Waals surface area contributed by atoms with Gasteiger partial charge in [-0.05, 0) is 19.9 Å². The molecule has 0 spiro atoms. The van der Waals surface area contributed by atoms with E-state index in [9.17, 15) is 4.79 Å². The predicted molar refractivity (Wildman–Crippen MR) is 120 cm³/mol. The molecule has 0 bridgehead atoms. The molecule has 5 nitrogen and oxygen atoms in total. The number of rotatable bonds is 6. The van der Waals surface area contributed by atoms with Crippen molar-refractivity contribution >= 4 is 44.9 Å². The number of aromatic nitrogens is 3. The number of benzene rings is 1. The minimum absolute atomic E-state index is 0.0904. The quantitative estimate of drug-likeness (QED) is 0.212. The van der Waals surface area contributed by atoms with Crippen LogP contribution < -0.4 is 5.56 Å². The molecule has 29 heavy (non-hydrogen) atoms. The van der Waals surface area contributed by atoms with E-state index in [1.807, 2.05) is 43.5 Å². The fourth-order valence-electron chi connectivity index (χ4n) is 3.13. The van der Waals surface area contributed by atoms with Gasteiger partial charge in [-0.1, -0.05) is 52.8 Å². The molecule has 0 aliphatic carbocycles. The lowest BCUT2D eigenvalue weighted by Gasteiger charge is -2.11. The van der Waals surface area contributed by atoms with Crippen LogP contribution >= 0.6 is 34.7 Å². The molecule has 0 radical (unpaired) electrons. The molecule has 148 valence electrons. The lowest BCUT2D eigenvalue weighted by Crippen LogP contribution is -2.22. The highest BCUT2D eigenvalue weighted by molar-refractivity contribution is 7.98. The normalized spacial score (nSPS) is 11.3. The van der Waals surface area contributed by atoms with E-state index in [2.05, 4.69) is 11.7 Å². The first-order chi connectivity index (χ1) is 14.0. The molecule has 4 rings (SSSR count). The monoisotopic (exact) mass is 443 g/mol. The number of fused-ring (bicyclic) bond motifs is 1. The van der Waals surface area contributed by atoms with Crippen molar-refractivity contribution in [3.05, 3.63) is 74.7 Å². The number of allylic oxidation sites excluding steroid dienone is 1. The summed E-state index contributed by atoms with van der Waals surface area (Å²) in [4.78, 5) is 18.9. The maximum absolute atomic E-state index is 13.4. The summed E-state index contributed by atoms with van der Waals surface area (Å²) in [5, 5.41) is 7.79. The third-order valence-corrected chi connectivity index (χ3v) is 6.87. The largest absolute Gasteiger partial charge is 0.361 e. The first kappa shape index (κ1) is 19.9. The van der Waals surface area contributed by atoms with Crippen molar-refractivity contribution in [1.82, 2.24) is 14.7 Å². The number of hydrogen-bond acceptors (Lipinski definition) is 6. The highest BCUT2D eigenvalue weighted by Crippen LogP contribution is 2.36. The van der Waals surface area contributed by atoms with Crippen LogP contribution in [-0.4, -0.2) is 14.7 Å². The van der Waals surface area contributed by atoms with E-state index in [0.717, 1.165) is 28.1 Å². The van der Waals surface area contributed by atoms with Gasteiger partial charge in [0.05, 0.1) is 11.1 Å². The SMILES string of the molecule is C=CCn1c(SCc2c(C)noc2C)nc2scc(-c3ccccc3Cl)c2c1=O. The van der Waals surface area contributed by atoms with Crippen LogP contribution in [0, 0.1) is 13.8 Å². The summed E-state index contributed by atoms with van der Waals surface area (Å²) < 4.78 is 6.90. The molecule has 0 N–H and O–H groups in total. The lowest BCUT2D eigenvalue weighted by atomic mass is 10.1. The van der Waals surface area contributed by atoms with Crippen molar-refractivity contribution in [3.63, 3.8) is 0 Å². The zero-order valence-electron chi connectivity index (χ0n) is 15.9. The van der Waals surface area contributed by atoms with Gasteiger partial charge in [-0.25, -0.2) is 4.98 Å². The highest BCUT2D eigenvalue weighted by atomic mass is 35.5. The fourth-order valence-corrected chi connectivity index (χ4v) is 5.51. The number of halogens is 1. The summed E-state index contributed by atoms with van der Waals surface area (Å²) >= 11 is 9.32. The molecule has 3 aromatic heterocycles. The molecule has 0 atom stereocenters. The van der Waals surface area contributed by atoms with Crippen LogP contribution in [0.3, 0.4) is 0 Å². The van der Waals surface area contributed by atoms with E-state index in [4.69, 9.17) is 21.1 Å². The van der Waals surface area contributed by atoms with Gasteiger partial charge in [0.15, 0.2) is 5.16 Å². The fraction of sp³-hybridized carbons (Fsp3) is 0.190. The van der Waals surface area contributed by atoms with Crippen molar-refractivity contribution < 1.29 is 4.52 Å². The number of thioether (sulfide) groups is 1. The summed E-state index contributed by atoms with van der Waals surface area (Å²) in [6.45, 7) is 7.98. The van der Waals surface area contributed by atoms with Crippen molar-refractivity contribution in [2.45, 2.75) is 31.3 Å². The Bertz CT molecular complexity index is 1250. The second-order valence-corrected chi connectivity index (χ2v) is 8.71. The summed E-state index contributed by atoms with van der Waals surface area (Å²) in [6.07, 6.45) is 1.70. The van der Waals surface area contributed by atoms with E-state index < -0.39 is 0 Å². The average molecular weight is 444 g/mol. The summed E-state index contributed by atoms with van der Waals surface area (Å²) in [7, 11) is 0. The molecule has 0 aliphatic rings. The summed E-state index contributed by atoms with van der Waals surface area (Å²) in [5.74, 6) is 1.41. The van der Waals surface area contributed by atoms with Crippen molar-refractivity contribution in [1.29, 1.82) is 0 Å². The third kappa shape index (κ3) is 3.66. The van der Waals surface area contributed by atoms with Gasteiger partial charge < -0.3 is 4.52 Å². The van der Waals surface area contributed by atoms with Gasteiger partial charge >= 0.3 is 0 Å². The molecule has 1 aromatic carbocycles. The molecule has 0 saturated carbocycles. The lowest BCUT2D eigenvalue weighted by molar-refractivity contribution is 0.392. The zero-order valence-corrected chi connectivity index (χ0v) is 18.3. The van der Waals surface area contributed by atoms with Gasteiger partial charge in [-0.15, -0.1) is 17.9 Å². The van der Waals surface area contributed by atoms with Gasteiger partial charge in [-0.2, -0.15) is 0 Å². The molecule has 0 fully saturated rings. The standard InChI is InChI=1S/C21H18ClN3O2S2/c1-4-9-25-20(26)18-16(14-7-5-6-8-17(14)22)11-28-19(18)23-21(25)29-10-15-12(2)24-27-13(15)3/h4-8,11H,1,9-10H2,2-3H3. The smallest absolute Gasteiger partial charge is 0.263 e.